The summed E-state index contributed by atoms with van der Waals surface area (Å²) in [6, 6.07) is 12.1. The second-order valence-corrected chi connectivity index (χ2v) is 11.5. The van der Waals surface area contributed by atoms with Gasteiger partial charge in [-0.1, -0.05) is 63.4 Å². The Kier molecular flexibility index (Phi) is 6.07. The summed E-state index contributed by atoms with van der Waals surface area (Å²) in [6.45, 7) is 8.15. The van der Waals surface area contributed by atoms with E-state index in [1.807, 2.05) is 6.92 Å². The highest BCUT2D eigenvalue weighted by Gasteiger charge is 2.31. The first-order chi connectivity index (χ1) is 15.1. The number of anilines is 1. The summed E-state index contributed by atoms with van der Waals surface area (Å²) in [7, 11) is -3.79. The highest BCUT2D eigenvalue weighted by atomic mass is 35.5. The number of nitrogens with one attached hydrogen (secondary N) is 1. The fraction of sp³-hybridized carbons (Fsp3) is 0.417. The average Bonchev–Trinajstić information content (AvgIpc) is 3.38. The number of rotatable bonds is 5. The number of aryl methyl sites for hydroxylation is 1. The lowest BCUT2D eigenvalue weighted by Crippen LogP contribution is -2.20. The Morgan fingerprint density at radius 2 is 1.69 bits per heavy atom. The van der Waals surface area contributed by atoms with Crippen molar-refractivity contribution in [3.63, 3.8) is 0 Å². The van der Waals surface area contributed by atoms with Gasteiger partial charge in [-0.15, -0.1) is 10.2 Å². The molecule has 0 unspecified atom stereocenters. The van der Waals surface area contributed by atoms with E-state index < -0.39 is 10.0 Å². The first kappa shape index (κ1) is 22.8. The molecule has 1 aliphatic rings. The largest absolute Gasteiger partial charge is 0.308 e. The van der Waals surface area contributed by atoms with Gasteiger partial charge in [0.25, 0.3) is 10.0 Å². The van der Waals surface area contributed by atoms with Crippen LogP contribution in [-0.2, 0) is 15.4 Å². The molecule has 32 heavy (non-hydrogen) atoms. The Balaban J connectivity index is 1.95. The Morgan fingerprint density at radius 1 is 1.03 bits per heavy atom. The van der Waals surface area contributed by atoms with Crippen LogP contribution >= 0.6 is 11.6 Å². The van der Waals surface area contributed by atoms with Crippen LogP contribution in [-0.4, -0.2) is 23.2 Å². The van der Waals surface area contributed by atoms with E-state index in [9.17, 15) is 8.42 Å². The number of aromatic nitrogens is 3. The summed E-state index contributed by atoms with van der Waals surface area (Å²) >= 11 is 6.71. The second-order valence-electron chi connectivity index (χ2n) is 9.39. The number of hydrogen-bond acceptors (Lipinski definition) is 4. The maximum Gasteiger partial charge on any atom is 0.261 e. The van der Waals surface area contributed by atoms with Gasteiger partial charge in [-0.05, 0) is 55.0 Å². The van der Waals surface area contributed by atoms with Gasteiger partial charge in [0.2, 0.25) is 0 Å². The fourth-order valence-electron chi connectivity index (χ4n) is 4.57. The van der Waals surface area contributed by atoms with Crippen LogP contribution in [0.3, 0.4) is 0 Å². The molecule has 2 aromatic carbocycles. The summed E-state index contributed by atoms with van der Waals surface area (Å²) in [5, 5.41) is 9.49. The molecule has 6 nitrogen and oxygen atoms in total. The topological polar surface area (TPSA) is 76.9 Å². The molecular formula is C24H29ClN4O2S. The maximum absolute atomic E-state index is 13.2. The van der Waals surface area contributed by atoms with Crippen molar-refractivity contribution in [2.24, 2.45) is 0 Å². The summed E-state index contributed by atoms with van der Waals surface area (Å²) in [5.41, 5.74) is 1.65. The zero-order valence-corrected chi connectivity index (χ0v) is 20.5. The van der Waals surface area contributed by atoms with E-state index in [2.05, 4.69) is 40.3 Å². The van der Waals surface area contributed by atoms with Gasteiger partial charge >= 0.3 is 0 Å². The van der Waals surface area contributed by atoms with Crippen molar-refractivity contribution >= 4 is 27.3 Å². The molecule has 1 aromatic heterocycles. The number of sulfonamides is 1. The van der Waals surface area contributed by atoms with Gasteiger partial charge in [0, 0.05) is 16.6 Å². The molecule has 0 atom stereocenters. The van der Waals surface area contributed by atoms with Gasteiger partial charge < -0.3 is 4.57 Å². The summed E-state index contributed by atoms with van der Waals surface area (Å²) in [5.74, 6) is 1.48. The maximum atomic E-state index is 13.2. The molecule has 0 bridgehead atoms. The van der Waals surface area contributed by atoms with Gasteiger partial charge in [0.1, 0.15) is 5.82 Å². The molecule has 8 heteroatoms. The molecule has 1 saturated carbocycles. The zero-order chi connectivity index (χ0) is 23.1. The lowest BCUT2D eigenvalue weighted by atomic mass is 9.82. The third kappa shape index (κ3) is 4.28. The number of nitrogens with zero attached hydrogens (tertiary/aromatic N) is 3. The highest BCUT2D eigenvalue weighted by Crippen LogP contribution is 2.44. The van der Waals surface area contributed by atoms with Gasteiger partial charge in [-0.25, -0.2) is 8.42 Å². The number of hydrogen-bond donors (Lipinski definition) is 1. The molecule has 0 amide bonds. The molecule has 4 rings (SSSR count). The van der Waals surface area contributed by atoms with Crippen LogP contribution in [0.25, 0.3) is 11.4 Å². The normalized spacial score (nSPS) is 15.3. The van der Waals surface area contributed by atoms with E-state index >= 15 is 0 Å². The van der Waals surface area contributed by atoms with E-state index in [0.717, 1.165) is 37.1 Å². The molecule has 1 heterocycles. The molecule has 170 valence electrons. The van der Waals surface area contributed by atoms with Gasteiger partial charge in [-0.3, -0.25) is 4.72 Å². The summed E-state index contributed by atoms with van der Waals surface area (Å²) < 4.78 is 31.3. The summed E-state index contributed by atoms with van der Waals surface area (Å²) in [6.07, 6.45) is 4.44. The van der Waals surface area contributed by atoms with Crippen molar-refractivity contribution < 1.29 is 8.42 Å². The van der Waals surface area contributed by atoms with Crippen molar-refractivity contribution in [3.8, 4) is 11.4 Å². The predicted octanol–water partition coefficient (Wildman–Crippen LogP) is 6.12. The smallest absolute Gasteiger partial charge is 0.261 e. The van der Waals surface area contributed by atoms with Crippen LogP contribution in [0, 0.1) is 6.92 Å². The lowest BCUT2D eigenvalue weighted by molar-refractivity contribution is 0.509. The van der Waals surface area contributed by atoms with Crippen LogP contribution in [0.15, 0.2) is 47.4 Å². The Hall–Kier alpha value is -2.38. The third-order valence-corrected chi connectivity index (χ3v) is 7.68. The minimum Gasteiger partial charge on any atom is -0.308 e. The molecule has 0 spiro atoms. The minimum atomic E-state index is -3.79. The van der Waals surface area contributed by atoms with Gasteiger partial charge in [0.05, 0.1) is 10.6 Å². The van der Waals surface area contributed by atoms with Crippen molar-refractivity contribution in [1.82, 2.24) is 14.8 Å². The second kappa shape index (κ2) is 8.52. The van der Waals surface area contributed by atoms with Crippen LogP contribution in [0.4, 0.5) is 5.69 Å². The molecule has 1 N–H and O–H groups in total. The Morgan fingerprint density at radius 3 is 2.31 bits per heavy atom. The van der Waals surface area contributed by atoms with Crippen LogP contribution in [0.2, 0.25) is 5.02 Å². The average molecular weight is 473 g/mol. The lowest BCUT2D eigenvalue weighted by Gasteiger charge is -2.27. The van der Waals surface area contributed by atoms with E-state index in [-0.39, 0.29) is 10.3 Å². The molecule has 0 aliphatic heterocycles. The van der Waals surface area contributed by atoms with Crippen molar-refractivity contribution in [1.29, 1.82) is 0 Å². The first-order valence-electron chi connectivity index (χ1n) is 10.9. The van der Waals surface area contributed by atoms with E-state index in [0.29, 0.717) is 28.1 Å². The van der Waals surface area contributed by atoms with Gasteiger partial charge in [-0.2, -0.15) is 0 Å². The minimum absolute atomic E-state index is 0.201. The predicted molar refractivity (Wildman–Crippen MR) is 129 cm³/mol. The van der Waals surface area contributed by atoms with E-state index in [1.54, 1.807) is 42.5 Å². The zero-order valence-electron chi connectivity index (χ0n) is 18.9. The third-order valence-electron chi connectivity index (χ3n) is 5.98. The van der Waals surface area contributed by atoms with Crippen LogP contribution < -0.4 is 4.72 Å². The number of halogens is 1. The Bertz CT molecular complexity index is 1220. The van der Waals surface area contributed by atoms with E-state index in [4.69, 9.17) is 11.6 Å². The molecule has 0 saturated heterocycles. The monoisotopic (exact) mass is 472 g/mol. The molecular weight excluding hydrogens is 444 g/mol. The van der Waals surface area contributed by atoms with Crippen LogP contribution in [0.5, 0.6) is 0 Å². The number of benzene rings is 2. The SMILES string of the molecule is Cc1nnc(-c2c(NS(=O)(=O)c3ccccc3)ccc(Cl)c2C(C)(C)C)n1C1CCCC1. The molecule has 1 fully saturated rings. The van der Waals surface area contributed by atoms with Crippen molar-refractivity contribution in [2.45, 2.75) is 69.7 Å². The van der Waals surface area contributed by atoms with Crippen LogP contribution in [0.1, 0.15) is 63.9 Å². The fourth-order valence-corrected chi connectivity index (χ4v) is 6.10. The standard InChI is InChI=1S/C24H29ClN4O2S/c1-16-26-27-23(29(16)17-10-8-9-11-17)21-20(15-14-19(25)22(21)24(2,3)4)28-32(30,31)18-12-6-5-7-13-18/h5-7,12-15,17,28H,8-11H2,1-4H3. The van der Waals surface area contributed by atoms with Gasteiger partial charge in [0.15, 0.2) is 5.82 Å². The molecule has 0 radical (unpaired) electrons. The molecule has 3 aromatic rings. The first-order valence-corrected chi connectivity index (χ1v) is 12.8. The highest BCUT2D eigenvalue weighted by molar-refractivity contribution is 7.92. The van der Waals surface area contributed by atoms with Crippen molar-refractivity contribution in [3.05, 3.63) is 58.9 Å². The van der Waals surface area contributed by atoms with E-state index in [1.165, 1.54) is 0 Å². The van der Waals surface area contributed by atoms with Crippen molar-refractivity contribution in [2.75, 3.05) is 4.72 Å². The quantitative estimate of drug-likeness (QED) is 0.485. The summed E-state index contributed by atoms with van der Waals surface area (Å²) in [4.78, 5) is 0.201. The Labute approximate surface area is 195 Å². The molecule has 1 aliphatic carbocycles.